The van der Waals surface area contributed by atoms with Crippen molar-refractivity contribution in [3.63, 3.8) is 0 Å². The number of halogens is 1. The van der Waals surface area contributed by atoms with Crippen LogP contribution in [-0.2, 0) is 6.42 Å². The van der Waals surface area contributed by atoms with E-state index < -0.39 is 0 Å². The number of aryl methyl sites for hydroxylation is 1. The number of amides is 1. The number of rotatable bonds is 3. The molecule has 0 saturated heterocycles. The number of hydrogen-bond acceptors (Lipinski definition) is 2. The number of imidazole rings is 1. The second-order valence-electron chi connectivity index (χ2n) is 4.46. The number of nitrogens with zero attached hydrogens (tertiary/aromatic N) is 2. The van der Waals surface area contributed by atoms with Crippen LogP contribution in [0.3, 0.4) is 0 Å². The van der Waals surface area contributed by atoms with Crippen LogP contribution in [0.5, 0.6) is 0 Å². The maximum absolute atomic E-state index is 12.2. The van der Waals surface area contributed by atoms with Gasteiger partial charge in [0.1, 0.15) is 11.3 Å². The average Bonchev–Trinajstić information content (AvgIpc) is 2.65. The Morgan fingerprint density at radius 2 is 2.28 bits per heavy atom. The zero-order valence-corrected chi connectivity index (χ0v) is 11.5. The van der Waals surface area contributed by atoms with Gasteiger partial charge >= 0.3 is 0 Å². The van der Waals surface area contributed by atoms with Gasteiger partial charge in [0.05, 0.1) is 5.69 Å². The lowest BCUT2D eigenvalue weighted by Crippen LogP contribution is -2.31. The smallest absolute Gasteiger partial charge is 0.270 e. The minimum absolute atomic E-state index is 0.0973. The maximum Gasteiger partial charge on any atom is 0.270 e. The second kappa shape index (κ2) is 4.98. The number of nitrogens with one attached hydrogen (secondary N) is 1. The molecule has 4 nitrogen and oxygen atoms in total. The third-order valence-corrected chi connectivity index (χ3v) is 2.87. The van der Waals surface area contributed by atoms with Gasteiger partial charge in [-0.3, -0.25) is 9.20 Å². The van der Waals surface area contributed by atoms with Crippen molar-refractivity contribution in [1.82, 2.24) is 14.7 Å². The minimum atomic E-state index is -0.100. The summed E-state index contributed by atoms with van der Waals surface area (Å²) < 4.78 is 1.78. The van der Waals surface area contributed by atoms with Crippen LogP contribution < -0.4 is 5.32 Å². The van der Waals surface area contributed by atoms with Crippen LogP contribution in [0.4, 0.5) is 0 Å². The van der Waals surface area contributed by atoms with E-state index in [4.69, 9.17) is 11.6 Å². The summed E-state index contributed by atoms with van der Waals surface area (Å²) in [6.07, 6.45) is 2.49. The van der Waals surface area contributed by atoms with E-state index in [9.17, 15) is 4.79 Å². The van der Waals surface area contributed by atoms with Crippen molar-refractivity contribution >= 4 is 23.2 Å². The predicted octanol–water partition coefficient (Wildman–Crippen LogP) is 2.69. The van der Waals surface area contributed by atoms with E-state index in [1.54, 1.807) is 22.7 Å². The summed E-state index contributed by atoms with van der Waals surface area (Å²) >= 11 is 5.93. The Hall–Kier alpha value is -1.55. The van der Waals surface area contributed by atoms with Gasteiger partial charge in [0.15, 0.2) is 0 Å². The lowest BCUT2D eigenvalue weighted by Gasteiger charge is -2.09. The molecule has 0 aliphatic rings. The lowest BCUT2D eigenvalue weighted by molar-refractivity contribution is 0.0936. The molecule has 18 heavy (non-hydrogen) atoms. The van der Waals surface area contributed by atoms with Crippen LogP contribution in [-0.4, -0.2) is 21.3 Å². The fourth-order valence-electron chi connectivity index (χ4n) is 1.89. The molecule has 0 atom stereocenters. The largest absolute Gasteiger partial charge is 0.349 e. The highest BCUT2D eigenvalue weighted by atomic mass is 35.5. The molecule has 0 spiro atoms. The first kappa shape index (κ1) is 12.9. The van der Waals surface area contributed by atoms with E-state index in [2.05, 4.69) is 10.3 Å². The predicted molar refractivity (Wildman–Crippen MR) is 72.2 cm³/mol. The van der Waals surface area contributed by atoms with E-state index in [1.807, 2.05) is 20.8 Å². The molecular weight excluding hydrogens is 250 g/mol. The zero-order valence-electron chi connectivity index (χ0n) is 10.7. The third-order valence-electron chi connectivity index (χ3n) is 2.63. The molecule has 2 rings (SSSR count). The fourth-order valence-corrected chi connectivity index (χ4v) is 2.04. The number of pyridine rings is 1. The van der Waals surface area contributed by atoms with Crippen molar-refractivity contribution < 1.29 is 4.79 Å². The molecule has 0 aliphatic carbocycles. The first-order valence-corrected chi connectivity index (χ1v) is 6.38. The standard InChI is InChI=1S/C13H16ClN3O/c1-4-10-12(13(18)15-8(2)3)17-6-5-9(14)7-11(17)16-10/h5-8H,4H2,1-3H3,(H,15,18). The average molecular weight is 266 g/mol. The summed E-state index contributed by atoms with van der Waals surface area (Å²) in [6, 6.07) is 3.61. The molecule has 0 radical (unpaired) electrons. The van der Waals surface area contributed by atoms with Crippen LogP contribution in [0.15, 0.2) is 18.3 Å². The van der Waals surface area contributed by atoms with E-state index in [1.165, 1.54) is 0 Å². The van der Waals surface area contributed by atoms with Gasteiger partial charge in [0.2, 0.25) is 0 Å². The Labute approximate surface area is 111 Å². The van der Waals surface area contributed by atoms with Gasteiger partial charge in [0.25, 0.3) is 5.91 Å². The number of hydrogen-bond donors (Lipinski definition) is 1. The van der Waals surface area contributed by atoms with Gasteiger partial charge in [-0.2, -0.15) is 0 Å². The third kappa shape index (κ3) is 2.34. The number of aromatic nitrogens is 2. The molecule has 0 aliphatic heterocycles. The van der Waals surface area contributed by atoms with E-state index in [0.29, 0.717) is 22.8 Å². The molecular formula is C13H16ClN3O. The molecule has 2 aromatic rings. The summed E-state index contributed by atoms with van der Waals surface area (Å²) in [5, 5.41) is 3.51. The van der Waals surface area contributed by atoms with Gasteiger partial charge in [0, 0.05) is 23.3 Å². The van der Waals surface area contributed by atoms with Crippen molar-refractivity contribution in [2.75, 3.05) is 0 Å². The lowest BCUT2D eigenvalue weighted by atomic mass is 10.2. The Bertz CT molecular complexity index is 589. The molecule has 0 bridgehead atoms. The monoisotopic (exact) mass is 265 g/mol. The molecule has 0 saturated carbocycles. The molecule has 0 fully saturated rings. The normalized spacial score (nSPS) is 11.2. The molecule has 5 heteroatoms. The Morgan fingerprint density at radius 1 is 1.56 bits per heavy atom. The summed E-state index contributed by atoms with van der Waals surface area (Å²) in [4.78, 5) is 16.6. The second-order valence-corrected chi connectivity index (χ2v) is 4.90. The summed E-state index contributed by atoms with van der Waals surface area (Å²) in [7, 11) is 0. The van der Waals surface area contributed by atoms with Gasteiger partial charge in [-0.05, 0) is 26.3 Å². The topological polar surface area (TPSA) is 46.4 Å². The molecule has 0 aromatic carbocycles. The summed E-state index contributed by atoms with van der Waals surface area (Å²) in [6.45, 7) is 5.85. The van der Waals surface area contributed by atoms with Crippen LogP contribution >= 0.6 is 11.6 Å². The molecule has 1 N–H and O–H groups in total. The number of fused-ring (bicyclic) bond motifs is 1. The first-order chi connectivity index (χ1) is 8.52. The van der Waals surface area contributed by atoms with Gasteiger partial charge < -0.3 is 5.32 Å². The maximum atomic E-state index is 12.2. The van der Waals surface area contributed by atoms with Crippen LogP contribution in [0, 0.1) is 0 Å². The van der Waals surface area contributed by atoms with Crippen molar-refractivity contribution in [2.45, 2.75) is 33.2 Å². The Balaban J connectivity index is 2.56. The zero-order chi connectivity index (χ0) is 13.3. The summed E-state index contributed by atoms with van der Waals surface area (Å²) in [5.41, 5.74) is 2.08. The molecule has 96 valence electrons. The Kier molecular flexibility index (Phi) is 3.57. The van der Waals surface area contributed by atoms with Gasteiger partial charge in [-0.15, -0.1) is 0 Å². The van der Waals surface area contributed by atoms with Crippen molar-refractivity contribution in [1.29, 1.82) is 0 Å². The molecule has 0 unspecified atom stereocenters. The van der Waals surface area contributed by atoms with E-state index in [-0.39, 0.29) is 11.9 Å². The van der Waals surface area contributed by atoms with E-state index >= 15 is 0 Å². The Morgan fingerprint density at radius 3 is 2.89 bits per heavy atom. The highest BCUT2D eigenvalue weighted by molar-refractivity contribution is 6.30. The van der Waals surface area contributed by atoms with Gasteiger partial charge in [-0.1, -0.05) is 18.5 Å². The highest BCUT2D eigenvalue weighted by Crippen LogP contribution is 2.17. The summed E-state index contributed by atoms with van der Waals surface area (Å²) in [5.74, 6) is -0.100. The minimum Gasteiger partial charge on any atom is -0.349 e. The fraction of sp³-hybridized carbons (Fsp3) is 0.385. The van der Waals surface area contributed by atoms with Crippen LogP contribution in [0.2, 0.25) is 5.02 Å². The molecule has 2 heterocycles. The van der Waals surface area contributed by atoms with Crippen molar-refractivity contribution in [2.24, 2.45) is 0 Å². The molecule has 1 amide bonds. The van der Waals surface area contributed by atoms with Crippen LogP contribution in [0.1, 0.15) is 37.0 Å². The molecule has 2 aromatic heterocycles. The highest BCUT2D eigenvalue weighted by Gasteiger charge is 2.18. The number of carbonyl (C=O) groups excluding carboxylic acids is 1. The van der Waals surface area contributed by atoms with E-state index in [0.717, 1.165) is 5.69 Å². The number of carbonyl (C=O) groups is 1. The first-order valence-electron chi connectivity index (χ1n) is 6.00. The van der Waals surface area contributed by atoms with Crippen molar-refractivity contribution in [3.8, 4) is 0 Å². The van der Waals surface area contributed by atoms with Crippen LogP contribution in [0.25, 0.3) is 5.65 Å². The SMILES string of the molecule is CCc1nc2cc(Cl)ccn2c1C(=O)NC(C)C. The van der Waals surface area contributed by atoms with Gasteiger partial charge in [-0.25, -0.2) is 4.98 Å². The van der Waals surface area contributed by atoms with Crippen molar-refractivity contribution in [3.05, 3.63) is 34.7 Å². The quantitative estimate of drug-likeness (QED) is 0.927.